The van der Waals surface area contributed by atoms with E-state index in [2.05, 4.69) is 17.4 Å². The first-order valence-electron chi connectivity index (χ1n) is 6.69. The number of fused-ring (bicyclic) bond motifs is 1. The Morgan fingerprint density at radius 1 is 1.10 bits per heavy atom. The van der Waals surface area contributed by atoms with Crippen molar-refractivity contribution in [2.75, 3.05) is 0 Å². The summed E-state index contributed by atoms with van der Waals surface area (Å²) in [5, 5.41) is 11.8. The number of furan rings is 1. The highest BCUT2D eigenvalue weighted by molar-refractivity contribution is 5.94. The Labute approximate surface area is 121 Å². The van der Waals surface area contributed by atoms with Crippen molar-refractivity contribution in [1.29, 1.82) is 0 Å². The number of benzene rings is 1. The molecule has 1 amide bonds. The van der Waals surface area contributed by atoms with Gasteiger partial charge in [0.25, 0.3) is 5.91 Å². The largest absolute Gasteiger partial charge is 0.475 e. The topological polar surface area (TPSA) is 79.5 Å². The molecule has 5 nitrogen and oxygen atoms in total. The summed E-state index contributed by atoms with van der Waals surface area (Å²) in [4.78, 5) is 23.0. The molecule has 1 heterocycles. The fourth-order valence-electron chi connectivity index (χ4n) is 2.80. The second-order valence-electron chi connectivity index (χ2n) is 5.61. The number of carboxylic acid groups (broad SMARTS) is 1. The van der Waals surface area contributed by atoms with Crippen LogP contribution in [0.2, 0.25) is 0 Å². The number of rotatable bonds is 3. The van der Waals surface area contributed by atoms with Gasteiger partial charge in [-0.15, -0.1) is 0 Å². The summed E-state index contributed by atoms with van der Waals surface area (Å²) in [7, 11) is 0. The van der Waals surface area contributed by atoms with Crippen molar-refractivity contribution in [3.63, 3.8) is 0 Å². The highest BCUT2D eigenvalue weighted by Gasteiger charge is 2.34. The molecule has 2 aromatic rings. The van der Waals surface area contributed by atoms with Crippen LogP contribution in [0.4, 0.5) is 0 Å². The lowest BCUT2D eigenvalue weighted by atomic mass is 9.98. The van der Waals surface area contributed by atoms with Gasteiger partial charge in [0.1, 0.15) is 0 Å². The second kappa shape index (κ2) is 4.77. The molecular weight excluding hydrogens is 270 g/mol. The van der Waals surface area contributed by atoms with Crippen molar-refractivity contribution in [1.82, 2.24) is 5.32 Å². The lowest BCUT2D eigenvalue weighted by Crippen LogP contribution is -2.46. The first-order chi connectivity index (χ1) is 9.97. The molecule has 0 radical (unpaired) electrons. The van der Waals surface area contributed by atoms with E-state index in [1.165, 1.54) is 23.3 Å². The fraction of sp³-hybridized carbons (Fsp3) is 0.250. The van der Waals surface area contributed by atoms with Gasteiger partial charge >= 0.3 is 5.97 Å². The summed E-state index contributed by atoms with van der Waals surface area (Å²) in [6.45, 7) is 1.98. The van der Waals surface area contributed by atoms with Crippen molar-refractivity contribution in [2.24, 2.45) is 0 Å². The molecule has 0 unspecified atom stereocenters. The van der Waals surface area contributed by atoms with Crippen LogP contribution in [0.25, 0.3) is 0 Å². The zero-order valence-corrected chi connectivity index (χ0v) is 11.6. The highest BCUT2D eigenvalue weighted by Crippen LogP contribution is 2.29. The third-order valence-electron chi connectivity index (χ3n) is 3.74. The van der Waals surface area contributed by atoms with E-state index in [4.69, 9.17) is 9.52 Å². The Morgan fingerprint density at radius 2 is 1.67 bits per heavy atom. The summed E-state index contributed by atoms with van der Waals surface area (Å²) >= 11 is 0. The number of carboxylic acids is 1. The predicted octanol–water partition coefficient (Wildman–Crippen LogP) is 2.27. The summed E-state index contributed by atoms with van der Waals surface area (Å²) < 4.78 is 5.03. The minimum absolute atomic E-state index is 0.0181. The number of aromatic carboxylic acids is 1. The van der Waals surface area contributed by atoms with Gasteiger partial charge in [0, 0.05) is 5.54 Å². The van der Waals surface area contributed by atoms with Gasteiger partial charge in [-0.3, -0.25) is 4.79 Å². The first kappa shape index (κ1) is 13.4. The van der Waals surface area contributed by atoms with E-state index >= 15 is 0 Å². The first-order valence-corrected chi connectivity index (χ1v) is 6.69. The molecule has 0 aliphatic heterocycles. The van der Waals surface area contributed by atoms with Crippen LogP contribution >= 0.6 is 0 Å². The molecule has 108 valence electrons. The monoisotopic (exact) mass is 285 g/mol. The van der Waals surface area contributed by atoms with Crippen LogP contribution in [-0.4, -0.2) is 22.5 Å². The minimum Gasteiger partial charge on any atom is -0.475 e. The molecule has 1 aromatic heterocycles. The van der Waals surface area contributed by atoms with Gasteiger partial charge < -0.3 is 14.8 Å². The number of carbonyl (C=O) groups excluding carboxylic acids is 1. The van der Waals surface area contributed by atoms with E-state index < -0.39 is 11.9 Å². The number of hydrogen-bond donors (Lipinski definition) is 2. The third-order valence-corrected chi connectivity index (χ3v) is 3.74. The van der Waals surface area contributed by atoms with E-state index in [1.54, 1.807) is 0 Å². The molecule has 1 aliphatic carbocycles. The van der Waals surface area contributed by atoms with Crippen LogP contribution in [0.1, 0.15) is 39.2 Å². The van der Waals surface area contributed by atoms with Crippen molar-refractivity contribution in [2.45, 2.75) is 25.3 Å². The van der Waals surface area contributed by atoms with Crippen molar-refractivity contribution in [3.05, 3.63) is 59.0 Å². The van der Waals surface area contributed by atoms with E-state index in [9.17, 15) is 9.59 Å². The van der Waals surface area contributed by atoms with Gasteiger partial charge in [-0.1, -0.05) is 24.3 Å². The molecule has 0 atom stereocenters. The Bertz CT molecular complexity index is 692. The predicted molar refractivity (Wildman–Crippen MR) is 75.4 cm³/mol. The average Bonchev–Trinajstić information content (AvgIpc) is 3.01. The summed E-state index contributed by atoms with van der Waals surface area (Å²) in [5.41, 5.74) is 2.08. The lowest BCUT2D eigenvalue weighted by molar-refractivity contribution is 0.0659. The number of hydrogen-bond acceptors (Lipinski definition) is 3. The summed E-state index contributed by atoms with van der Waals surface area (Å²) in [5.74, 6) is -1.80. The summed E-state index contributed by atoms with van der Waals surface area (Å²) in [6, 6.07) is 10.7. The van der Waals surface area contributed by atoms with Gasteiger partial charge in [-0.2, -0.15) is 0 Å². The molecule has 0 bridgehead atoms. The number of carbonyl (C=O) groups is 2. The molecule has 1 aliphatic rings. The fourth-order valence-corrected chi connectivity index (χ4v) is 2.80. The van der Waals surface area contributed by atoms with Gasteiger partial charge in [-0.25, -0.2) is 4.79 Å². The second-order valence-corrected chi connectivity index (χ2v) is 5.61. The lowest BCUT2D eigenvalue weighted by Gasteiger charge is -2.24. The van der Waals surface area contributed by atoms with E-state index in [1.807, 2.05) is 19.1 Å². The summed E-state index contributed by atoms with van der Waals surface area (Å²) in [6.07, 6.45) is 1.50. The molecule has 2 N–H and O–H groups in total. The van der Waals surface area contributed by atoms with Crippen LogP contribution in [0, 0.1) is 0 Å². The van der Waals surface area contributed by atoms with Crippen molar-refractivity contribution >= 4 is 11.9 Å². The van der Waals surface area contributed by atoms with Crippen LogP contribution in [0.5, 0.6) is 0 Å². The smallest absolute Gasteiger partial charge is 0.371 e. The Morgan fingerprint density at radius 3 is 2.19 bits per heavy atom. The van der Waals surface area contributed by atoms with E-state index in [0.29, 0.717) is 0 Å². The van der Waals surface area contributed by atoms with E-state index in [0.717, 1.165) is 12.8 Å². The van der Waals surface area contributed by atoms with Crippen LogP contribution in [0.3, 0.4) is 0 Å². The van der Waals surface area contributed by atoms with Gasteiger partial charge in [0.05, 0.1) is 0 Å². The van der Waals surface area contributed by atoms with Crippen LogP contribution < -0.4 is 5.32 Å². The number of amides is 1. The Hall–Kier alpha value is -2.56. The van der Waals surface area contributed by atoms with Gasteiger partial charge in [0.15, 0.2) is 5.76 Å². The Balaban J connectivity index is 1.75. The maximum Gasteiger partial charge on any atom is 0.371 e. The molecule has 0 saturated carbocycles. The maximum absolute atomic E-state index is 12.2. The zero-order chi connectivity index (χ0) is 15.0. The standard InChI is InChI=1S/C16H15NO4/c1-16(8-10-4-2-3-5-11(10)9-16)17-14(18)12-6-7-13(21-12)15(19)20/h2-7H,8-9H2,1H3,(H,17,18)(H,19,20). The molecule has 0 spiro atoms. The minimum atomic E-state index is -1.19. The van der Waals surface area contributed by atoms with Gasteiger partial charge in [-0.05, 0) is 43.0 Å². The molecule has 21 heavy (non-hydrogen) atoms. The molecular formula is C16H15NO4. The van der Waals surface area contributed by atoms with E-state index in [-0.39, 0.29) is 17.1 Å². The zero-order valence-electron chi connectivity index (χ0n) is 11.6. The van der Waals surface area contributed by atoms with Crippen molar-refractivity contribution < 1.29 is 19.1 Å². The quantitative estimate of drug-likeness (QED) is 0.906. The molecule has 5 heteroatoms. The molecule has 0 fully saturated rings. The Kier molecular flexibility index (Phi) is 3.05. The maximum atomic E-state index is 12.2. The SMILES string of the molecule is CC1(NC(=O)c2ccc(C(=O)O)o2)Cc2ccccc2C1. The number of nitrogens with one attached hydrogen (secondary N) is 1. The molecule has 3 rings (SSSR count). The van der Waals surface area contributed by atoms with Crippen LogP contribution in [-0.2, 0) is 12.8 Å². The normalized spacial score (nSPS) is 15.5. The van der Waals surface area contributed by atoms with Crippen LogP contribution in [0.15, 0.2) is 40.8 Å². The third kappa shape index (κ3) is 2.54. The highest BCUT2D eigenvalue weighted by atomic mass is 16.4. The molecule has 0 saturated heterocycles. The van der Waals surface area contributed by atoms with Gasteiger partial charge in [0.2, 0.25) is 5.76 Å². The molecule has 1 aromatic carbocycles. The van der Waals surface area contributed by atoms with Crippen molar-refractivity contribution in [3.8, 4) is 0 Å². The average molecular weight is 285 g/mol.